The maximum Gasteiger partial charge on any atom is 0.175 e. The topological polar surface area (TPSA) is 17.1 Å². The number of rotatable bonds is 1. The highest BCUT2D eigenvalue weighted by molar-refractivity contribution is 6.12. The number of hydrogen-bond acceptors (Lipinski definition) is 1. The molecule has 0 bridgehead atoms. The van der Waals surface area contributed by atoms with Crippen molar-refractivity contribution < 1.29 is 4.79 Å². The largest absolute Gasteiger partial charge is 0.293 e. The van der Waals surface area contributed by atoms with Crippen LogP contribution in [0.1, 0.15) is 27.4 Å². The molecule has 1 aliphatic rings. The molecule has 15 heavy (non-hydrogen) atoms. The van der Waals surface area contributed by atoms with Gasteiger partial charge in [0.05, 0.1) is 5.92 Å². The van der Waals surface area contributed by atoms with Crippen LogP contribution in [0.15, 0.2) is 54.6 Å². The van der Waals surface area contributed by atoms with Gasteiger partial charge in [-0.1, -0.05) is 54.6 Å². The van der Waals surface area contributed by atoms with E-state index in [-0.39, 0.29) is 11.7 Å². The van der Waals surface area contributed by atoms with Crippen molar-refractivity contribution >= 4 is 5.78 Å². The molecule has 0 N–H and O–H groups in total. The standard InChI is InChI=1S/C14H10O/c15-14-12-9-5-4-8-11(12)13(14)10-6-2-1-3-7-10/h1-9,13H. The van der Waals surface area contributed by atoms with Crippen molar-refractivity contribution in [2.24, 2.45) is 0 Å². The summed E-state index contributed by atoms with van der Waals surface area (Å²) in [7, 11) is 0. The quantitative estimate of drug-likeness (QED) is 0.682. The van der Waals surface area contributed by atoms with Crippen molar-refractivity contribution in [1.82, 2.24) is 0 Å². The molecule has 1 aliphatic carbocycles. The van der Waals surface area contributed by atoms with Gasteiger partial charge in [-0.25, -0.2) is 0 Å². The molecule has 1 unspecified atom stereocenters. The molecular weight excluding hydrogens is 184 g/mol. The van der Waals surface area contributed by atoms with Gasteiger partial charge in [-0.05, 0) is 11.1 Å². The fraction of sp³-hybridized carbons (Fsp3) is 0.0714. The summed E-state index contributed by atoms with van der Waals surface area (Å²) in [5.41, 5.74) is 3.14. The van der Waals surface area contributed by atoms with Crippen LogP contribution in [-0.4, -0.2) is 5.78 Å². The highest BCUT2D eigenvalue weighted by Gasteiger charge is 2.36. The van der Waals surface area contributed by atoms with Gasteiger partial charge in [0, 0.05) is 5.56 Å². The number of fused-ring (bicyclic) bond motifs is 1. The Morgan fingerprint density at radius 1 is 0.800 bits per heavy atom. The van der Waals surface area contributed by atoms with Gasteiger partial charge in [0.15, 0.2) is 5.78 Å². The van der Waals surface area contributed by atoms with E-state index >= 15 is 0 Å². The van der Waals surface area contributed by atoms with E-state index in [2.05, 4.69) is 0 Å². The summed E-state index contributed by atoms with van der Waals surface area (Å²) in [6.07, 6.45) is 0. The minimum absolute atomic E-state index is 0.0256. The third kappa shape index (κ3) is 1.13. The molecule has 0 amide bonds. The van der Waals surface area contributed by atoms with Crippen LogP contribution in [0, 0.1) is 0 Å². The van der Waals surface area contributed by atoms with Gasteiger partial charge in [0.2, 0.25) is 0 Å². The van der Waals surface area contributed by atoms with Crippen LogP contribution in [0.25, 0.3) is 0 Å². The first-order valence-electron chi connectivity index (χ1n) is 5.06. The predicted molar refractivity (Wildman–Crippen MR) is 59.1 cm³/mol. The summed E-state index contributed by atoms with van der Waals surface area (Å²) < 4.78 is 0. The number of benzene rings is 2. The summed E-state index contributed by atoms with van der Waals surface area (Å²) in [5.74, 6) is 0.221. The maximum atomic E-state index is 11.9. The number of Topliss-reactive ketones (excluding diaryl/α,β-unsaturated/α-hetero) is 1. The second-order valence-electron chi connectivity index (χ2n) is 3.80. The van der Waals surface area contributed by atoms with Gasteiger partial charge in [-0.15, -0.1) is 0 Å². The molecule has 1 heteroatoms. The van der Waals surface area contributed by atoms with Gasteiger partial charge in [0.25, 0.3) is 0 Å². The fourth-order valence-electron chi connectivity index (χ4n) is 2.17. The Balaban J connectivity index is 2.10. The molecule has 2 aromatic carbocycles. The Bertz CT molecular complexity index is 514. The van der Waals surface area contributed by atoms with Crippen molar-refractivity contribution in [1.29, 1.82) is 0 Å². The Labute approximate surface area is 88.4 Å². The van der Waals surface area contributed by atoms with E-state index < -0.39 is 0 Å². The Morgan fingerprint density at radius 3 is 2.27 bits per heavy atom. The van der Waals surface area contributed by atoms with Gasteiger partial charge >= 0.3 is 0 Å². The smallest absolute Gasteiger partial charge is 0.175 e. The van der Waals surface area contributed by atoms with Gasteiger partial charge in [-0.3, -0.25) is 4.79 Å². The van der Waals surface area contributed by atoms with Crippen molar-refractivity contribution in [2.75, 3.05) is 0 Å². The first-order valence-corrected chi connectivity index (χ1v) is 5.06. The summed E-state index contributed by atoms with van der Waals surface area (Å²) in [5, 5.41) is 0. The lowest BCUT2D eigenvalue weighted by Gasteiger charge is -2.28. The molecule has 72 valence electrons. The van der Waals surface area contributed by atoms with E-state index in [0.717, 1.165) is 16.7 Å². The summed E-state index contributed by atoms with van der Waals surface area (Å²) >= 11 is 0. The van der Waals surface area contributed by atoms with Crippen LogP contribution in [0.3, 0.4) is 0 Å². The highest BCUT2D eigenvalue weighted by Crippen LogP contribution is 2.39. The molecule has 0 heterocycles. The Kier molecular flexibility index (Phi) is 1.72. The number of carbonyl (C=O) groups is 1. The average Bonchev–Trinajstić information content (AvgIpc) is 2.30. The van der Waals surface area contributed by atoms with Crippen LogP contribution in [0.2, 0.25) is 0 Å². The van der Waals surface area contributed by atoms with Gasteiger partial charge < -0.3 is 0 Å². The SMILES string of the molecule is O=C1c2ccccc2C1c1ccccc1. The number of carbonyl (C=O) groups excluding carboxylic acids is 1. The van der Waals surface area contributed by atoms with E-state index in [1.165, 1.54) is 0 Å². The minimum atomic E-state index is -0.0256. The Hall–Kier alpha value is -1.89. The van der Waals surface area contributed by atoms with E-state index in [1.807, 2.05) is 54.6 Å². The monoisotopic (exact) mass is 194 g/mol. The van der Waals surface area contributed by atoms with Crippen molar-refractivity contribution in [3.8, 4) is 0 Å². The molecule has 0 aliphatic heterocycles. The Morgan fingerprint density at radius 2 is 1.47 bits per heavy atom. The molecule has 1 nitrogen and oxygen atoms in total. The lowest BCUT2D eigenvalue weighted by atomic mass is 9.72. The molecule has 0 spiro atoms. The highest BCUT2D eigenvalue weighted by atomic mass is 16.1. The zero-order chi connectivity index (χ0) is 10.3. The fourth-order valence-corrected chi connectivity index (χ4v) is 2.17. The minimum Gasteiger partial charge on any atom is -0.293 e. The third-order valence-electron chi connectivity index (χ3n) is 2.93. The molecule has 0 saturated carbocycles. The van der Waals surface area contributed by atoms with Gasteiger partial charge in [0.1, 0.15) is 0 Å². The molecule has 2 aromatic rings. The average molecular weight is 194 g/mol. The van der Waals surface area contributed by atoms with E-state index in [9.17, 15) is 4.79 Å². The zero-order valence-electron chi connectivity index (χ0n) is 8.18. The first kappa shape index (κ1) is 8.42. The second-order valence-corrected chi connectivity index (χ2v) is 3.80. The first-order chi connectivity index (χ1) is 7.38. The molecule has 0 fully saturated rings. The summed E-state index contributed by atoms with van der Waals surface area (Å²) in [6.45, 7) is 0. The molecule has 0 aromatic heterocycles. The van der Waals surface area contributed by atoms with E-state index in [4.69, 9.17) is 0 Å². The van der Waals surface area contributed by atoms with Crippen LogP contribution in [0.5, 0.6) is 0 Å². The van der Waals surface area contributed by atoms with Crippen molar-refractivity contribution in [3.05, 3.63) is 71.3 Å². The van der Waals surface area contributed by atoms with E-state index in [0.29, 0.717) is 0 Å². The van der Waals surface area contributed by atoms with Crippen LogP contribution < -0.4 is 0 Å². The molecule has 0 saturated heterocycles. The van der Waals surface area contributed by atoms with Crippen LogP contribution in [0.4, 0.5) is 0 Å². The lowest BCUT2D eigenvalue weighted by molar-refractivity contribution is 0.0945. The molecule has 0 radical (unpaired) electrons. The van der Waals surface area contributed by atoms with Gasteiger partial charge in [-0.2, -0.15) is 0 Å². The predicted octanol–water partition coefficient (Wildman–Crippen LogP) is 3.01. The zero-order valence-corrected chi connectivity index (χ0v) is 8.18. The van der Waals surface area contributed by atoms with E-state index in [1.54, 1.807) is 0 Å². The number of ketones is 1. The van der Waals surface area contributed by atoms with Crippen molar-refractivity contribution in [3.63, 3.8) is 0 Å². The molecule has 1 atom stereocenters. The summed E-state index contributed by atoms with van der Waals surface area (Å²) in [6, 6.07) is 17.8. The normalized spacial score (nSPS) is 18.1. The maximum absolute atomic E-state index is 11.9. The van der Waals surface area contributed by atoms with Crippen LogP contribution in [-0.2, 0) is 0 Å². The second kappa shape index (κ2) is 3.06. The molecule has 3 rings (SSSR count). The third-order valence-corrected chi connectivity index (χ3v) is 2.93. The number of hydrogen-bond donors (Lipinski definition) is 0. The lowest BCUT2D eigenvalue weighted by Crippen LogP contribution is -2.26. The summed E-state index contributed by atoms with van der Waals surface area (Å²) in [4.78, 5) is 11.9. The van der Waals surface area contributed by atoms with Crippen molar-refractivity contribution in [2.45, 2.75) is 5.92 Å². The molecular formula is C14H10O. The van der Waals surface area contributed by atoms with Crippen LogP contribution >= 0.6 is 0 Å².